The number of methoxy groups -OCH3 is 3. The first-order valence-corrected chi connectivity index (χ1v) is 11.0. The molecule has 1 aliphatic heterocycles. The van der Waals surface area contributed by atoms with Crippen molar-refractivity contribution in [2.75, 3.05) is 27.9 Å². The van der Waals surface area contributed by atoms with Gasteiger partial charge in [0, 0.05) is 31.0 Å². The van der Waals surface area contributed by atoms with E-state index in [4.69, 9.17) is 14.2 Å². The van der Waals surface area contributed by atoms with E-state index in [2.05, 4.69) is 4.57 Å². The third-order valence-electron chi connectivity index (χ3n) is 5.39. The normalized spacial score (nSPS) is 16.7. The Morgan fingerprint density at radius 1 is 0.867 bits per heavy atom. The van der Waals surface area contributed by atoms with Gasteiger partial charge in [0.1, 0.15) is 5.75 Å². The van der Waals surface area contributed by atoms with Gasteiger partial charge in [-0.05, 0) is 42.0 Å². The monoisotopic (exact) mass is 428 g/mol. The summed E-state index contributed by atoms with van der Waals surface area (Å²) < 4.78 is 46.8. The zero-order valence-corrected chi connectivity index (χ0v) is 17.9. The minimum Gasteiger partial charge on any atom is -0.497 e. The minimum absolute atomic E-state index is 0.165. The van der Waals surface area contributed by atoms with Gasteiger partial charge in [-0.3, -0.25) is 0 Å². The maximum atomic E-state index is 13.7. The molecule has 1 aliphatic rings. The summed E-state index contributed by atoms with van der Waals surface area (Å²) in [5.74, 6) is 1.58. The lowest BCUT2D eigenvalue weighted by Crippen LogP contribution is -2.42. The van der Waals surface area contributed by atoms with Gasteiger partial charge in [-0.25, -0.2) is 8.42 Å². The molecule has 0 N–H and O–H groups in total. The summed E-state index contributed by atoms with van der Waals surface area (Å²) in [4.78, 5) is 0.165. The molecule has 0 saturated heterocycles. The highest BCUT2D eigenvalue weighted by molar-refractivity contribution is 7.89. The number of aromatic nitrogens is 1. The molecule has 1 aromatic heterocycles. The summed E-state index contributed by atoms with van der Waals surface area (Å²) in [6.45, 7) is 0.941. The third-order valence-corrected chi connectivity index (χ3v) is 7.25. The summed E-state index contributed by atoms with van der Waals surface area (Å²) in [5.41, 5.74) is 1.80. The smallest absolute Gasteiger partial charge is 0.244 e. The molecule has 4 rings (SSSR count). The van der Waals surface area contributed by atoms with Crippen LogP contribution in [0.5, 0.6) is 17.2 Å². The topological polar surface area (TPSA) is 70.0 Å². The van der Waals surface area contributed by atoms with E-state index in [9.17, 15) is 8.42 Å². The van der Waals surface area contributed by atoms with Crippen LogP contribution in [0.4, 0.5) is 0 Å². The van der Waals surface area contributed by atoms with Crippen LogP contribution in [0.25, 0.3) is 0 Å². The molecule has 0 amide bonds. The predicted molar refractivity (Wildman–Crippen MR) is 113 cm³/mol. The van der Waals surface area contributed by atoms with Gasteiger partial charge in [0.25, 0.3) is 0 Å². The van der Waals surface area contributed by atoms with E-state index in [1.54, 1.807) is 23.5 Å². The highest BCUT2D eigenvalue weighted by Gasteiger charge is 2.38. The zero-order chi connectivity index (χ0) is 21.3. The van der Waals surface area contributed by atoms with Gasteiger partial charge in [0.2, 0.25) is 10.0 Å². The van der Waals surface area contributed by atoms with Crippen LogP contribution in [0.15, 0.2) is 65.7 Å². The van der Waals surface area contributed by atoms with E-state index < -0.39 is 16.1 Å². The van der Waals surface area contributed by atoms with Crippen LogP contribution >= 0.6 is 0 Å². The lowest BCUT2D eigenvalue weighted by atomic mass is 10.0. The van der Waals surface area contributed by atoms with E-state index in [1.165, 1.54) is 20.3 Å². The molecule has 2 heterocycles. The maximum absolute atomic E-state index is 13.7. The van der Waals surface area contributed by atoms with E-state index in [-0.39, 0.29) is 4.90 Å². The molecule has 3 aromatic rings. The summed E-state index contributed by atoms with van der Waals surface area (Å²) in [5, 5.41) is 0. The molecular formula is C22H24N2O5S. The van der Waals surface area contributed by atoms with Gasteiger partial charge < -0.3 is 18.8 Å². The minimum atomic E-state index is -3.80. The van der Waals surface area contributed by atoms with E-state index >= 15 is 0 Å². The second-order valence-corrected chi connectivity index (χ2v) is 8.83. The highest BCUT2D eigenvalue weighted by atomic mass is 32.2. The molecule has 0 bridgehead atoms. The van der Waals surface area contributed by atoms with Crippen LogP contribution in [0.2, 0.25) is 0 Å². The van der Waals surface area contributed by atoms with Crippen molar-refractivity contribution in [1.82, 2.24) is 8.87 Å². The summed E-state index contributed by atoms with van der Waals surface area (Å²) in [6, 6.07) is 15.6. The quantitative estimate of drug-likeness (QED) is 0.603. The lowest BCUT2D eigenvalue weighted by molar-refractivity contribution is 0.298. The highest BCUT2D eigenvalue weighted by Crippen LogP contribution is 2.38. The average molecular weight is 429 g/mol. The van der Waals surface area contributed by atoms with Gasteiger partial charge >= 0.3 is 0 Å². The van der Waals surface area contributed by atoms with Crippen LogP contribution in [0.1, 0.15) is 17.3 Å². The van der Waals surface area contributed by atoms with Crippen LogP contribution in [-0.4, -0.2) is 45.2 Å². The zero-order valence-electron chi connectivity index (χ0n) is 17.1. The summed E-state index contributed by atoms with van der Waals surface area (Å²) in [7, 11) is 0.812. The van der Waals surface area contributed by atoms with Crippen LogP contribution in [-0.2, 0) is 16.6 Å². The Bertz CT molecular complexity index is 1140. The third kappa shape index (κ3) is 3.42. The van der Waals surface area contributed by atoms with Crippen molar-refractivity contribution >= 4 is 10.0 Å². The molecule has 30 heavy (non-hydrogen) atoms. The first-order chi connectivity index (χ1) is 14.5. The molecule has 8 heteroatoms. The molecule has 158 valence electrons. The van der Waals surface area contributed by atoms with Crippen LogP contribution in [0, 0.1) is 0 Å². The van der Waals surface area contributed by atoms with Crippen LogP contribution < -0.4 is 14.2 Å². The molecule has 0 aliphatic carbocycles. The number of benzene rings is 2. The number of rotatable bonds is 6. The molecular weight excluding hydrogens is 404 g/mol. The van der Waals surface area contributed by atoms with E-state index in [0.717, 1.165) is 17.0 Å². The van der Waals surface area contributed by atoms with Crippen molar-refractivity contribution in [2.24, 2.45) is 0 Å². The Morgan fingerprint density at radius 3 is 2.27 bits per heavy atom. The van der Waals surface area contributed by atoms with Gasteiger partial charge in [0.15, 0.2) is 11.5 Å². The first-order valence-electron chi connectivity index (χ1n) is 9.52. The van der Waals surface area contributed by atoms with Gasteiger partial charge in [-0.2, -0.15) is 4.31 Å². The Balaban J connectivity index is 1.81. The summed E-state index contributed by atoms with van der Waals surface area (Å²) >= 11 is 0. The second kappa shape index (κ2) is 8.04. The van der Waals surface area contributed by atoms with Crippen molar-refractivity contribution in [2.45, 2.75) is 17.5 Å². The van der Waals surface area contributed by atoms with Gasteiger partial charge in [-0.15, -0.1) is 0 Å². The Hall–Kier alpha value is -2.97. The fourth-order valence-electron chi connectivity index (χ4n) is 3.86. The fraction of sp³-hybridized carbons (Fsp3) is 0.273. The summed E-state index contributed by atoms with van der Waals surface area (Å²) in [6.07, 6.45) is 1.98. The standard InChI is InChI=1S/C22H24N2O5S/c1-27-17-8-6-16(7-9-17)22-19-5-4-12-23(19)13-14-24(22)30(25,26)18-10-11-20(28-2)21(15-18)29-3/h4-12,15,22H,13-14H2,1-3H3/t22-/m1/s1. The largest absolute Gasteiger partial charge is 0.497 e. The molecule has 0 fully saturated rings. The van der Waals surface area contributed by atoms with Gasteiger partial charge in [0.05, 0.1) is 32.3 Å². The lowest BCUT2D eigenvalue weighted by Gasteiger charge is -2.36. The SMILES string of the molecule is COc1ccc([C@@H]2c3cccn3CCN2S(=O)(=O)c2ccc(OC)c(OC)c2)cc1. The Morgan fingerprint density at radius 2 is 1.60 bits per heavy atom. The number of nitrogens with zero attached hydrogens (tertiary/aromatic N) is 2. The van der Waals surface area contributed by atoms with Crippen molar-refractivity contribution in [3.05, 3.63) is 72.1 Å². The van der Waals surface area contributed by atoms with E-state index in [1.807, 2.05) is 42.6 Å². The van der Waals surface area contributed by atoms with Crippen molar-refractivity contribution in [3.63, 3.8) is 0 Å². The second-order valence-electron chi connectivity index (χ2n) is 6.93. The number of sulfonamides is 1. The van der Waals surface area contributed by atoms with Gasteiger partial charge in [-0.1, -0.05) is 12.1 Å². The number of ether oxygens (including phenoxy) is 3. The molecule has 0 unspecified atom stereocenters. The molecule has 2 aromatic carbocycles. The number of fused-ring (bicyclic) bond motifs is 1. The van der Waals surface area contributed by atoms with E-state index in [0.29, 0.717) is 24.6 Å². The van der Waals surface area contributed by atoms with Crippen molar-refractivity contribution in [3.8, 4) is 17.2 Å². The molecule has 0 radical (unpaired) electrons. The Labute approximate surface area is 176 Å². The Kier molecular flexibility index (Phi) is 5.44. The van der Waals surface area contributed by atoms with Crippen molar-refractivity contribution in [1.29, 1.82) is 0 Å². The maximum Gasteiger partial charge on any atom is 0.244 e. The number of hydrogen-bond acceptors (Lipinski definition) is 5. The fourth-order valence-corrected chi connectivity index (χ4v) is 5.45. The van der Waals surface area contributed by atoms with Crippen molar-refractivity contribution < 1.29 is 22.6 Å². The van der Waals surface area contributed by atoms with Crippen LogP contribution in [0.3, 0.4) is 0 Å². The molecule has 0 saturated carbocycles. The average Bonchev–Trinajstić information content (AvgIpc) is 3.27. The predicted octanol–water partition coefficient (Wildman–Crippen LogP) is 3.31. The molecule has 1 atom stereocenters. The molecule has 7 nitrogen and oxygen atoms in total. The molecule has 0 spiro atoms. The number of hydrogen-bond donors (Lipinski definition) is 0. The first kappa shape index (κ1) is 20.3.